The maximum absolute atomic E-state index is 12.7. The van der Waals surface area contributed by atoms with E-state index in [4.69, 9.17) is 9.15 Å². The summed E-state index contributed by atoms with van der Waals surface area (Å²) in [7, 11) is 1.67. The van der Waals surface area contributed by atoms with Crippen molar-refractivity contribution in [1.82, 2.24) is 30.0 Å². The predicted octanol–water partition coefficient (Wildman–Crippen LogP) is 2.58. The topological polar surface area (TPSA) is 89.5 Å². The molecule has 1 amide bonds. The summed E-state index contributed by atoms with van der Waals surface area (Å²) in [5, 5.41) is 12.7. The van der Waals surface area contributed by atoms with Gasteiger partial charge in [-0.3, -0.25) is 9.69 Å². The van der Waals surface area contributed by atoms with Crippen molar-refractivity contribution in [1.29, 1.82) is 0 Å². The Hall–Kier alpha value is -3.20. The number of methoxy groups -OCH3 is 1. The first-order valence-electron chi connectivity index (χ1n) is 10.4. The number of ether oxygens (including phenoxy) is 1. The summed E-state index contributed by atoms with van der Waals surface area (Å²) in [6.07, 6.45) is 1.52. The van der Waals surface area contributed by atoms with E-state index in [0.717, 1.165) is 17.1 Å². The number of piperazine rings is 1. The van der Waals surface area contributed by atoms with Gasteiger partial charge in [0.1, 0.15) is 11.8 Å². The Morgan fingerprint density at radius 2 is 1.84 bits per heavy atom. The van der Waals surface area contributed by atoms with Crippen LogP contribution in [0, 0.1) is 0 Å². The van der Waals surface area contributed by atoms with Gasteiger partial charge >= 0.3 is 0 Å². The molecule has 0 N–H and O–H groups in total. The molecule has 31 heavy (non-hydrogen) atoms. The zero-order valence-corrected chi connectivity index (χ0v) is 18.4. The highest BCUT2D eigenvalue weighted by Gasteiger charge is 2.35. The van der Waals surface area contributed by atoms with Crippen molar-refractivity contribution in [2.24, 2.45) is 0 Å². The number of carbonyl (C=O) groups is 1. The van der Waals surface area contributed by atoms with Crippen LogP contribution >= 0.6 is 0 Å². The molecule has 1 fully saturated rings. The van der Waals surface area contributed by atoms with Gasteiger partial charge in [0.05, 0.1) is 18.9 Å². The number of furan rings is 1. The third-order valence-corrected chi connectivity index (χ3v) is 5.51. The van der Waals surface area contributed by atoms with E-state index in [0.29, 0.717) is 31.9 Å². The van der Waals surface area contributed by atoms with Gasteiger partial charge in [-0.15, -0.1) is 5.10 Å². The number of para-hydroxylation sites is 1. The molecule has 1 saturated heterocycles. The molecule has 9 nitrogen and oxygen atoms in total. The van der Waals surface area contributed by atoms with Gasteiger partial charge in [-0.2, -0.15) is 0 Å². The van der Waals surface area contributed by atoms with E-state index in [1.165, 1.54) is 6.26 Å². The van der Waals surface area contributed by atoms with Crippen molar-refractivity contribution >= 4 is 5.91 Å². The lowest BCUT2D eigenvalue weighted by molar-refractivity contribution is 0.0554. The molecule has 164 valence electrons. The van der Waals surface area contributed by atoms with Crippen LogP contribution in [0.4, 0.5) is 0 Å². The SMILES string of the molecule is COc1ccccc1[C@H](c1nnnn1C(C)(C)C)N1CCN(C(=O)c2ccco2)CC1. The maximum atomic E-state index is 12.7. The zero-order valence-electron chi connectivity index (χ0n) is 18.4. The smallest absolute Gasteiger partial charge is 0.289 e. The highest BCUT2D eigenvalue weighted by Crippen LogP contribution is 2.35. The Labute approximate surface area is 181 Å². The van der Waals surface area contributed by atoms with E-state index >= 15 is 0 Å². The molecule has 0 radical (unpaired) electrons. The van der Waals surface area contributed by atoms with E-state index in [2.05, 4.69) is 41.2 Å². The molecule has 3 aromatic rings. The Bertz CT molecular complexity index is 1020. The van der Waals surface area contributed by atoms with Gasteiger partial charge in [0.2, 0.25) is 0 Å². The minimum absolute atomic E-state index is 0.0852. The van der Waals surface area contributed by atoms with Crippen LogP contribution in [0.5, 0.6) is 5.75 Å². The van der Waals surface area contributed by atoms with Crippen molar-refractivity contribution in [3.63, 3.8) is 0 Å². The number of rotatable bonds is 5. The number of aromatic nitrogens is 4. The molecule has 0 spiro atoms. The summed E-state index contributed by atoms with van der Waals surface area (Å²) in [6.45, 7) is 8.74. The first kappa shape index (κ1) is 21.0. The summed E-state index contributed by atoms with van der Waals surface area (Å²) in [5.74, 6) is 1.82. The molecular formula is C22H28N6O3. The lowest BCUT2D eigenvalue weighted by Crippen LogP contribution is -2.50. The van der Waals surface area contributed by atoms with E-state index in [1.54, 1.807) is 19.2 Å². The lowest BCUT2D eigenvalue weighted by atomic mass is 10.0. The van der Waals surface area contributed by atoms with Gasteiger partial charge in [0.15, 0.2) is 11.6 Å². The van der Waals surface area contributed by atoms with Gasteiger partial charge in [-0.1, -0.05) is 18.2 Å². The second-order valence-corrected chi connectivity index (χ2v) is 8.57. The van der Waals surface area contributed by atoms with Gasteiger partial charge in [-0.25, -0.2) is 4.68 Å². The number of nitrogens with zero attached hydrogens (tertiary/aromatic N) is 6. The number of benzene rings is 1. The number of amides is 1. The molecule has 2 aromatic heterocycles. The Kier molecular flexibility index (Phi) is 5.77. The second kappa shape index (κ2) is 8.50. The van der Waals surface area contributed by atoms with E-state index in [9.17, 15) is 4.79 Å². The van der Waals surface area contributed by atoms with Crippen molar-refractivity contribution in [3.8, 4) is 5.75 Å². The quantitative estimate of drug-likeness (QED) is 0.622. The standard InChI is InChI=1S/C22H28N6O3/c1-22(2,3)28-20(23-24-25-28)19(16-8-5-6-9-17(16)30-4)26-11-13-27(14-12-26)21(29)18-10-7-15-31-18/h5-10,15,19H,11-14H2,1-4H3/t19-/m1/s1. The van der Waals surface area contributed by atoms with Crippen molar-refractivity contribution in [3.05, 3.63) is 59.8 Å². The third-order valence-electron chi connectivity index (χ3n) is 5.51. The first-order chi connectivity index (χ1) is 14.9. The Morgan fingerprint density at radius 3 is 2.48 bits per heavy atom. The summed E-state index contributed by atoms with van der Waals surface area (Å²) in [5.41, 5.74) is 0.715. The van der Waals surface area contributed by atoms with E-state index in [1.807, 2.05) is 33.8 Å². The number of hydrogen-bond donors (Lipinski definition) is 0. The first-order valence-corrected chi connectivity index (χ1v) is 10.4. The van der Waals surface area contributed by atoms with Crippen LogP contribution in [0.25, 0.3) is 0 Å². The molecule has 0 unspecified atom stereocenters. The molecule has 0 saturated carbocycles. The van der Waals surface area contributed by atoms with Gasteiger partial charge in [0.25, 0.3) is 5.91 Å². The Morgan fingerprint density at radius 1 is 1.10 bits per heavy atom. The summed E-state index contributed by atoms with van der Waals surface area (Å²) in [4.78, 5) is 16.8. The maximum Gasteiger partial charge on any atom is 0.289 e. The van der Waals surface area contributed by atoms with E-state index < -0.39 is 0 Å². The van der Waals surface area contributed by atoms with Crippen molar-refractivity contribution in [2.45, 2.75) is 32.4 Å². The van der Waals surface area contributed by atoms with Crippen LogP contribution in [-0.2, 0) is 5.54 Å². The molecule has 1 aromatic carbocycles. The third kappa shape index (κ3) is 4.18. The van der Waals surface area contributed by atoms with Gasteiger partial charge in [0, 0.05) is 31.7 Å². The molecule has 1 aliphatic rings. The second-order valence-electron chi connectivity index (χ2n) is 8.57. The number of tetrazole rings is 1. The molecular weight excluding hydrogens is 396 g/mol. The van der Waals surface area contributed by atoms with Gasteiger partial charge < -0.3 is 14.1 Å². The molecule has 0 bridgehead atoms. The minimum atomic E-state index is -0.282. The van der Waals surface area contributed by atoms with Crippen LogP contribution in [0.15, 0.2) is 47.1 Å². The van der Waals surface area contributed by atoms with Crippen molar-refractivity contribution < 1.29 is 13.9 Å². The lowest BCUT2D eigenvalue weighted by Gasteiger charge is -2.39. The average Bonchev–Trinajstić information content (AvgIpc) is 3.47. The molecule has 1 aliphatic heterocycles. The van der Waals surface area contributed by atoms with Crippen LogP contribution in [0.2, 0.25) is 0 Å². The zero-order chi connectivity index (χ0) is 22.0. The fraction of sp³-hybridized carbons (Fsp3) is 0.455. The van der Waals surface area contributed by atoms with Crippen molar-refractivity contribution in [2.75, 3.05) is 33.3 Å². The van der Waals surface area contributed by atoms with Crippen LogP contribution in [0.3, 0.4) is 0 Å². The van der Waals surface area contributed by atoms with Crippen LogP contribution in [0.1, 0.15) is 48.8 Å². The number of carbonyl (C=O) groups excluding carboxylic acids is 1. The predicted molar refractivity (Wildman–Crippen MR) is 114 cm³/mol. The molecule has 0 aliphatic carbocycles. The van der Waals surface area contributed by atoms with E-state index in [-0.39, 0.29) is 17.5 Å². The summed E-state index contributed by atoms with van der Waals surface area (Å²) < 4.78 is 12.8. The summed E-state index contributed by atoms with van der Waals surface area (Å²) in [6, 6.07) is 11.2. The highest BCUT2D eigenvalue weighted by atomic mass is 16.5. The van der Waals surface area contributed by atoms with Gasteiger partial charge in [-0.05, 0) is 49.4 Å². The largest absolute Gasteiger partial charge is 0.496 e. The fourth-order valence-corrected chi connectivity index (χ4v) is 3.97. The Balaban J connectivity index is 1.65. The summed E-state index contributed by atoms with van der Waals surface area (Å²) >= 11 is 0. The monoisotopic (exact) mass is 424 g/mol. The molecule has 3 heterocycles. The average molecular weight is 425 g/mol. The minimum Gasteiger partial charge on any atom is -0.496 e. The highest BCUT2D eigenvalue weighted by molar-refractivity contribution is 5.91. The molecule has 9 heteroatoms. The fourth-order valence-electron chi connectivity index (χ4n) is 3.97. The normalized spacial score (nSPS) is 16.3. The molecule has 1 atom stereocenters. The van der Waals surface area contributed by atoms with Crippen LogP contribution < -0.4 is 4.74 Å². The molecule has 4 rings (SSSR count). The van der Waals surface area contributed by atoms with Crippen LogP contribution in [-0.4, -0.2) is 69.2 Å². The number of hydrogen-bond acceptors (Lipinski definition) is 7.